The van der Waals surface area contributed by atoms with Gasteiger partial charge >= 0.3 is 0 Å². The minimum atomic E-state index is -0.341. The monoisotopic (exact) mass is 367 g/mol. The van der Waals surface area contributed by atoms with E-state index in [4.69, 9.17) is 16.0 Å². The smallest absolute Gasteiger partial charge is 0.258 e. The number of nitrogens with one attached hydrogen (secondary N) is 1. The fraction of sp³-hybridized carbons (Fsp3) is 0.158. The molecule has 4 rings (SSSR count). The lowest BCUT2D eigenvalue weighted by Gasteiger charge is -2.21. The minimum absolute atomic E-state index is 0.0248. The Kier molecular flexibility index (Phi) is 4.26. The van der Waals surface area contributed by atoms with Crippen LogP contribution < -0.4 is 5.32 Å². The van der Waals surface area contributed by atoms with Crippen LogP contribution in [0.2, 0.25) is 5.02 Å². The van der Waals surface area contributed by atoms with Crippen LogP contribution in [-0.2, 0) is 6.42 Å². The van der Waals surface area contributed by atoms with Crippen molar-refractivity contribution in [3.63, 3.8) is 0 Å². The molecular formula is C19H14ClN3O3. The number of carbonyl (C=O) groups excluding carboxylic acids is 2. The molecule has 1 aliphatic rings. The number of benzene rings is 1. The molecular weight excluding hydrogens is 354 g/mol. The second-order valence-corrected chi connectivity index (χ2v) is 6.50. The largest absolute Gasteiger partial charge is 0.469 e. The Morgan fingerprint density at radius 3 is 2.73 bits per heavy atom. The maximum atomic E-state index is 12.4. The van der Waals surface area contributed by atoms with Crippen LogP contribution in [0.3, 0.4) is 0 Å². The topological polar surface area (TPSA) is 85.1 Å². The summed E-state index contributed by atoms with van der Waals surface area (Å²) in [4.78, 5) is 33.1. The Balaban J connectivity index is 1.56. The number of amides is 1. The van der Waals surface area contributed by atoms with Gasteiger partial charge in [-0.05, 0) is 36.4 Å². The fourth-order valence-electron chi connectivity index (χ4n) is 3.00. The number of ketones is 1. The summed E-state index contributed by atoms with van der Waals surface area (Å²) >= 11 is 5.83. The summed E-state index contributed by atoms with van der Waals surface area (Å²) in [7, 11) is 0. The third-order valence-corrected chi connectivity index (χ3v) is 4.57. The van der Waals surface area contributed by atoms with Crippen molar-refractivity contribution in [1.29, 1.82) is 0 Å². The Labute approximate surface area is 154 Å². The zero-order valence-corrected chi connectivity index (χ0v) is 14.4. The molecule has 0 saturated heterocycles. The van der Waals surface area contributed by atoms with E-state index in [-0.39, 0.29) is 23.6 Å². The van der Waals surface area contributed by atoms with Crippen molar-refractivity contribution in [2.75, 3.05) is 5.32 Å². The molecule has 2 aromatic heterocycles. The number of hydrogen-bond acceptors (Lipinski definition) is 5. The number of aromatic nitrogens is 2. The highest BCUT2D eigenvalue weighted by Crippen LogP contribution is 2.32. The van der Waals surface area contributed by atoms with Crippen LogP contribution in [0.15, 0.2) is 53.3 Å². The number of anilines is 1. The van der Waals surface area contributed by atoms with Gasteiger partial charge in [0.2, 0.25) is 5.95 Å². The molecule has 130 valence electrons. The van der Waals surface area contributed by atoms with Crippen molar-refractivity contribution in [2.45, 2.75) is 18.8 Å². The molecule has 26 heavy (non-hydrogen) atoms. The van der Waals surface area contributed by atoms with E-state index in [1.807, 2.05) is 6.07 Å². The van der Waals surface area contributed by atoms with E-state index in [9.17, 15) is 9.59 Å². The summed E-state index contributed by atoms with van der Waals surface area (Å²) in [6.07, 6.45) is 3.98. The summed E-state index contributed by atoms with van der Waals surface area (Å²) in [5, 5.41) is 3.20. The van der Waals surface area contributed by atoms with E-state index in [0.717, 1.165) is 5.76 Å². The first-order valence-corrected chi connectivity index (χ1v) is 8.47. The molecule has 0 bridgehead atoms. The summed E-state index contributed by atoms with van der Waals surface area (Å²) in [6.45, 7) is 0. The number of carbonyl (C=O) groups is 2. The summed E-state index contributed by atoms with van der Waals surface area (Å²) in [5.41, 5.74) is 1.56. The van der Waals surface area contributed by atoms with Gasteiger partial charge in [0.1, 0.15) is 5.76 Å². The SMILES string of the molecule is O=C(Nc1ncc2c(n1)C[C@@H](c1ccco1)CC2=O)c1ccc(Cl)cc1. The van der Waals surface area contributed by atoms with E-state index >= 15 is 0 Å². The number of Topliss-reactive ketones (excluding diaryl/α,β-unsaturated/α-hetero) is 1. The zero-order valence-electron chi connectivity index (χ0n) is 13.6. The Morgan fingerprint density at radius 1 is 1.19 bits per heavy atom. The first-order chi connectivity index (χ1) is 12.6. The molecule has 7 heteroatoms. The standard InChI is InChI=1S/C19H14ClN3O3/c20-13-5-3-11(4-6-13)18(25)23-19-21-10-14-15(22-19)8-12(9-16(14)24)17-2-1-7-26-17/h1-7,10,12H,8-9H2,(H,21,22,23,25)/t12-/m1/s1. The molecule has 0 spiro atoms. The third-order valence-electron chi connectivity index (χ3n) is 4.32. The first-order valence-electron chi connectivity index (χ1n) is 8.09. The molecule has 0 aliphatic heterocycles. The molecule has 6 nitrogen and oxygen atoms in total. The second kappa shape index (κ2) is 6.72. The predicted octanol–water partition coefficient (Wildman–Crippen LogP) is 3.89. The predicted molar refractivity (Wildman–Crippen MR) is 95.5 cm³/mol. The van der Waals surface area contributed by atoms with Crippen LogP contribution in [0.1, 0.15) is 44.5 Å². The van der Waals surface area contributed by atoms with Gasteiger partial charge in [0.05, 0.1) is 17.5 Å². The maximum absolute atomic E-state index is 12.4. The number of nitrogens with zero attached hydrogens (tertiary/aromatic N) is 2. The summed E-state index contributed by atoms with van der Waals surface area (Å²) in [6, 6.07) is 10.2. The lowest BCUT2D eigenvalue weighted by atomic mass is 9.85. The Morgan fingerprint density at radius 2 is 2.00 bits per heavy atom. The lowest BCUT2D eigenvalue weighted by molar-refractivity contribution is 0.0958. The fourth-order valence-corrected chi connectivity index (χ4v) is 3.13. The van der Waals surface area contributed by atoms with Crippen molar-refractivity contribution < 1.29 is 14.0 Å². The Bertz CT molecular complexity index is 968. The molecule has 0 saturated carbocycles. The highest BCUT2D eigenvalue weighted by atomic mass is 35.5. The van der Waals surface area contributed by atoms with Crippen molar-refractivity contribution in [3.8, 4) is 0 Å². The van der Waals surface area contributed by atoms with Gasteiger partial charge in [-0.2, -0.15) is 0 Å². The molecule has 0 radical (unpaired) electrons. The molecule has 3 aromatic rings. The van der Waals surface area contributed by atoms with E-state index < -0.39 is 0 Å². The van der Waals surface area contributed by atoms with E-state index in [2.05, 4.69) is 15.3 Å². The van der Waals surface area contributed by atoms with Gasteiger partial charge in [-0.3, -0.25) is 14.9 Å². The van der Waals surface area contributed by atoms with Gasteiger partial charge in [0.15, 0.2) is 5.78 Å². The molecule has 0 fully saturated rings. The molecule has 0 unspecified atom stereocenters. The molecule has 1 aliphatic carbocycles. The molecule has 1 amide bonds. The van der Waals surface area contributed by atoms with Gasteiger partial charge in [-0.15, -0.1) is 0 Å². The van der Waals surface area contributed by atoms with Gasteiger partial charge in [-0.1, -0.05) is 11.6 Å². The summed E-state index contributed by atoms with van der Waals surface area (Å²) < 4.78 is 5.42. The van der Waals surface area contributed by atoms with Crippen LogP contribution >= 0.6 is 11.6 Å². The molecule has 2 heterocycles. The van der Waals surface area contributed by atoms with Crippen molar-refractivity contribution in [2.24, 2.45) is 0 Å². The highest BCUT2D eigenvalue weighted by Gasteiger charge is 2.29. The van der Waals surface area contributed by atoms with E-state index in [1.165, 1.54) is 6.20 Å². The second-order valence-electron chi connectivity index (χ2n) is 6.06. The third kappa shape index (κ3) is 3.23. The van der Waals surface area contributed by atoms with Gasteiger partial charge in [0, 0.05) is 35.5 Å². The van der Waals surface area contributed by atoms with Gasteiger partial charge in [0.25, 0.3) is 5.91 Å². The Hall–Kier alpha value is -2.99. The molecule has 1 N–H and O–H groups in total. The van der Waals surface area contributed by atoms with Crippen LogP contribution in [0.4, 0.5) is 5.95 Å². The minimum Gasteiger partial charge on any atom is -0.469 e. The van der Waals surface area contributed by atoms with Crippen LogP contribution in [0, 0.1) is 0 Å². The van der Waals surface area contributed by atoms with Crippen molar-refractivity contribution >= 4 is 29.2 Å². The number of fused-ring (bicyclic) bond motifs is 1. The van der Waals surface area contributed by atoms with Crippen LogP contribution in [-0.4, -0.2) is 21.7 Å². The van der Waals surface area contributed by atoms with E-state index in [1.54, 1.807) is 36.6 Å². The summed E-state index contributed by atoms with van der Waals surface area (Å²) in [5.74, 6) is 0.500. The van der Waals surface area contributed by atoms with E-state index in [0.29, 0.717) is 34.7 Å². The quantitative estimate of drug-likeness (QED) is 0.759. The highest BCUT2D eigenvalue weighted by molar-refractivity contribution is 6.30. The number of halogens is 1. The normalized spacial score (nSPS) is 16.2. The lowest BCUT2D eigenvalue weighted by Crippen LogP contribution is -2.22. The van der Waals surface area contributed by atoms with Crippen LogP contribution in [0.25, 0.3) is 0 Å². The van der Waals surface area contributed by atoms with Crippen molar-refractivity contribution in [3.05, 3.63) is 76.5 Å². The van der Waals surface area contributed by atoms with Gasteiger partial charge < -0.3 is 4.42 Å². The average molecular weight is 368 g/mol. The average Bonchev–Trinajstić information content (AvgIpc) is 3.16. The molecule has 1 aromatic carbocycles. The number of rotatable bonds is 3. The number of hydrogen-bond donors (Lipinski definition) is 1. The maximum Gasteiger partial charge on any atom is 0.258 e. The first kappa shape index (κ1) is 16.5. The van der Waals surface area contributed by atoms with Crippen LogP contribution in [0.5, 0.6) is 0 Å². The number of furan rings is 1. The van der Waals surface area contributed by atoms with Crippen molar-refractivity contribution in [1.82, 2.24) is 9.97 Å². The zero-order chi connectivity index (χ0) is 18.1. The van der Waals surface area contributed by atoms with Gasteiger partial charge in [-0.25, -0.2) is 9.97 Å². The molecule has 1 atom stereocenters.